The van der Waals surface area contributed by atoms with E-state index in [0.29, 0.717) is 18.0 Å². The molecule has 3 rings (SSSR count). The van der Waals surface area contributed by atoms with Gasteiger partial charge in [-0.05, 0) is 44.2 Å². The Labute approximate surface area is 116 Å². The number of rotatable bonds is 3. The van der Waals surface area contributed by atoms with E-state index in [4.69, 9.17) is 0 Å². The van der Waals surface area contributed by atoms with Gasteiger partial charge >= 0.3 is 0 Å². The Morgan fingerprint density at radius 1 is 1.26 bits per heavy atom. The van der Waals surface area contributed by atoms with Crippen molar-refractivity contribution in [2.24, 2.45) is 5.41 Å². The van der Waals surface area contributed by atoms with Crippen LogP contribution in [0.4, 0.5) is 0 Å². The molecule has 1 atom stereocenters. The van der Waals surface area contributed by atoms with Gasteiger partial charge in [0, 0.05) is 19.1 Å². The van der Waals surface area contributed by atoms with Crippen molar-refractivity contribution in [2.75, 3.05) is 32.7 Å². The first-order valence-electron chi connectivity index (χ1n) is 7.98. The number of carbonyl (C=O) groups excluding carboxylic acids is 1. The molecular formula is C15H27N3O. The van der Waals surface area contributed by atoms with E-state index in [-0.39, 0.29) is 5.91 Å². The average molecular weight is 265 g/mol. The maximum absolute atomic E-state index is 12.1. The highest BCUT2D eigenvalue weighted by Crippen LogP contribution is 2.35. The molecule has 3 fully saturated rings. The minimum atomic E-state index is 0.245. The van der Waals surface area contributed by atoms with Crippen LogP contribution >= 0.6 is 0 Å². The van der Waals surface area contributed by atoms with Gasteiger partial charge in [0.05, 0.1) is 6.54 Å². The Morgan fingerprint density at radius 2 is 2.11 bits per heavy atom. The third kappa shape index (κ3) is 3.29. The van der Waals surface area contributed by atoms with Gasteiger partial charge < -0.3 is 10.6 Å². The summed E-state index contributed by atoms with van der Waals surface area (Å²) >= 11 is 0. The van der Waals surface area contributed by atoms with E-state index >= 15 is 0 Å². The van der Waals surface area contributed by atoms with E-state index in [9.17, 15) is 4.79 Å². The second kappa shape index (κ2) is 5.80. The number of nitrogens with zero attached hydrogens (tertiary/aromatic N) is 1. The summed E-state index contributed by atoms with van der Waals surface area (Å²) in [7, 11) is 0. The van der Waals surface area contributed by atoms with Crippen LogP contribution in [0.15, 0.2) is 0 Å². The molecule has 0 radical (unpaired) electrons. The molecule has 1 aliphatic carbocycles. The second-order valence-corrected chi connectivity index (χ2v) is 6.79. The molecule has 0 aromatic carbocycles. The number of carbonyl (C=O) groups is 1. The lowest BCUT2D eigenvalue weighted by Crippen LogP contribution is -2.42. The lowest BCUT2D eigenvalue weighted by atomic mass is 9.87. The zero-order chi connectivity index (χ0) is 13.1. The van der Waals surface area contributed by atoms with Crippen molar-refractivity contribution in [3.63, 3.8) is 0 Å². The van der Waals surface area contributed by atoms with Gasteiger partial charge in [-0.15, -0.1) is 0 Å². The Balaban J connectivity index is 1.42. The van der Waals surface area contributed by atoms with Crippen LogP contribution in [0.3, 0.4) is 0 Å². The fraction of sp³-hybridized carbons (Fsp3) is 0.933. The van der Waals surface area contributed by atoms with Gasteiger partial charge in [0.15, 0.2) is 0 Å². The summed E-state index contributed by atoms with van der Waals surface area (Å²) in [5.41, 5.74) is 0.477. The van der Waals surface area contributed by atoms with Crippen LogP contribution in [0.5, 0.6) is 0 Å². The van der Waals surface area contributed by atoms with Gasteiger partial charge in [0.1, 0.15) is 0 Å². The molecule has 2 N–H and O–H groups in total. The van der Waals surface area contributed by atoms with Gasteiger partial charge in [-0.1, -0.05) is 19.3 Å². The molecule has 108 valence electrons. The summed E-state index contributed by atoms with van der Waals surface area (Å²) in [6.07, 6.45) is 8.81. The molecule has 2 saturated heterocycles. The molecule has 1 unspecified atom stereocenters. The highest BCUT2D eigenvalue weighted by Gasteiger charge is 2.40. The largest absolute Gasteiger partial charge is 0.352 e. The maximum atomic E-state index is 12.1. The quantitative estimate of drug-likeness (QED) is 0.804. The standard InChI is InChI=1S/C15H27N3O/c19-14(17-13-4-2-1-3-5-13)10-18-9-7-15(12-18)6-8-16-11-15/h13,16H,1-12H2,(H,17,19). The van der Waals surface area contributed by atoms with Crippen LogP contribution in [0.1, 0.15) is 44.9 Å². The molecule has 0 aromatic rings. The first kappa shape index (κ1) is 13.4. The van der Waals surface area contributed by atoms with Crippen molar-refractivity contribution in [1.29, 1.82) is 0 Å². The van der Waals surface area contributed by atoms with Crippen LogP contribution in [0.2, 0.25) is 0 Å². The lowest BCUT2D eigenvalue weighted by molar-refractivity contribution is -0.123. The van der Waals surface area contributed by atoms with Gasteiger partial charge in [0.2, 0.25) is 5.91 Å². The van der Waals surface area contributed by atoms with E-state index in [1.165, 1.54) is 44.9 Å². The lowest BCUT2D eigenvalue weighted by Gasteiger charge is -2.25. The van der Waals surface area contributed by atoms with E-state index in [0.717, 1.165) is 26.2 Å². The summed E-state index contributed by atoms with van der Waals surface area (Å²) in [6.45, 7) is 5.12. The Hall–Kier alpha value is -0.610. The van der Waals surface area contributed by atoms with Gasteiger partial charge in [-0.2, -0.15) is 0 Å². The first-order valence-corrected chi connectivity index (χ1v) is 7.98. The predicted octanol–water partition coefficient (Wildman–Crippen LogP) is 1.12. The number of hydrogen-bond donors (Lipinski definition) is 2. The summed E-state index contributed by atoms with van der Waals surface area (Å²) in [5, 5.41) is 6.70. The Morgan fingerprint density at radius 3 is 2.84 bits per heavy atom. The Bertz CT molecular complexity index is 319. The van der Waals surface area contributed by atoms with Crippen LogP contribution in [0.25, 0.3) is 0 Å². The number of hydrogen-bond acceptors (Lipinski definition) is 3. The highest BCUT2D eigenvalue weighted by atomic mass is 16.2. The van der Waals surface area contributed by atoms with Crippen molar-refractivity contribution in [2.45, 2.75) is 51.0 Å². The summed E-state index contributed by atoms with van der Waals surface area (Å²) in [4.78, 5) is 14.5. The maximum Gasteiger partial charge on any atom is 0.234 e. The van der Waals surface area contributed by atoms with Gasteiger partial charge in [0.25, 0.3) is 0 Å². The highest BCUT2D eigenvalue weighted by molar-refractivity contribution is 5.78. The van der Waals surface area contributed by atoms with Crippen molar-refractivity contribution in [1.82, 2.24) is 15.5 Å². The van der Waals surface area contributed by atoms with Crippen LogP contribution < -0.4 is 10.6 Å². The summed E-state index contributed by atoms with van der Waals surface area (Å²) < 4.78 is 0. The zero-order valence-corrected chi connectivity index (χ0v) is 11.9. The molecule has 0 aromatic heterocycles. The molecule has 1 saturated carbocycles. The van der Waals surface area contributed by atoms with Gasteiger partial charge in [-0.3, -0.25) is 9.69 Å². The fourth-order valence-corrected chi connectivity index (χ4v) is 4.03. The SMILES string of the molecule is O=C(CN1CCC2(CCNC2)C1)NC1CCCCC1. The first-order chi connectivity index (χ1) is 9.26. The second-order valence-electron chi connectivity index (χ2n) is 6.79. The summed E-state index contributed by atoms with van der Waals surface area (Å²) in [5.74, 6) is 0.245. The smallest absolute Gasteiger partial charge is 0.234 e. The molecule has 2 aliphatic heterocycles. The third-order valence-electron chi connectivity index (χ3n) is 5.19. The molecule has 4 nitrogen and oxygen atoms in total. The predicted molar refractivity (Wildman–Crippen MR) is 76.0 cm³/mol. The minimum absolute atomic E-state index is 0.245. The molecule has 2 heterocycles. The topological polar surface area (TPSA) is 44.4 Å². The van der Waals surface area contributed by atoms with Crippen molar-refractivity contribution < 1.29 is 4.79 Å². The van der Waals surface area contributed by atoms with E-state index in [2.05, 4.69) is 15.5 Å². The van der Waals surface area contributed by atoms with Crippen molar-refractivity contribution in [3.05, 3.63) is 0 Å². The molecule has 4 heteroatoms. The van der Waals surface area contributed by atoms with Crippen LogP contribution in [-0.2, 0) is 4.79 Å². The van der Waals surface area contributed by atoms with Crippen LogP contribution in [0, 0.1) is 5.41 Å². The monoisotopic (exact) mass is 265 g/mol. The van der Waals surface area contributed by atoms with Crippen molar-refractivity contribution >= 4 is 5.91 Å². The van der Waals surface area contributed by atoms with E-state index in [1.54, 1.807) is 0 Å². The molecule has 3 aliphatic rings. The third-order valence-corrected chi connectivity index (χ3v) is 5.19. The Kier molecular flexibility index (Phi) is 4.08. The molecular weight excluding hydrogens is 238 g/mol. The minimum Gasteiger partial charge on any atom is -0.352 e. The average Bonchev–Trinajstić information content (AvgIpc) is 3.02. The molecule has 19 heavy (non-hydrogen) atoms. The fourth-order valence-electron chi connectivity index (χ4n) is 4.03. The summed E-state index contributed by atoms with van der Waals surface area (Å²) in [6, 6.07) is 0.450. The van der Waals surface area contributed by atoms with Crippen LogP contribution in [-0.4, -0.2) is 49.6 Å². The van der Waals surface area contributed by atoms with Gasteiger partial charge in [-0.25, -0.2) is 0 Å². The molecule has 1 amide bonds. The zero-order valence-electron chi connectivity index (χ0n) is 11.9. The number of likely N-dealkylation sites (tertiary alicyclic amines) is 1. The number of nitrogens with one attached hydrogen (secondary N) is 2. The molecule has 0 bridgehead atoms. The van der Waals surface area contributed by atoms with Crippen molar-refractivity contribution in [3.8, 4) is 0 Å². The molecule has 1 spiro atoms. The van der Waals surface area contributed by atoms with E-state index in [1.807, 2.05) is 0 Å². The van der Waals surface area contributed by atoms with E-state index < -0.39 is 0 Å². The normalized spacial score (nSPS) is 33.1. The number of amides is 1.